The number of benzene rings is 2. The molecule has 0 saturated carbocycles. The quantitative estimate of drug-likeness (QED) is 0.632. The van der Waals surface area contributed by atoms with Gasteiger partial charge >= 0.3 is 0 Å². The van der Waals surface area contributed by atoms with E-state index < -0.39 is 5.82 Å². The number of halogens is 3. The summed E-state index contributed by atoms with van der Waals surface area (Å²) in [5.74, 6) is 0.974. The summed E-state index contributed by atoms with van der Waals surface area (Å²) in [5.41, 5.74) is 1.69. The lowest BCUT2D eigenvalue weighted by Crippen LogP contribution is -1.97. The standard InChI is InChI=1S/C17H12Cl2FNO/c18-12-2-4-13(5-3-12)21-10-14-6-8-17(22-14)11-1-7-16(20)15(19)9-11/h1-9,21H,10H2. The molecule has 22 heavy (non-hydrogen) atoms. The monoisotopic (exact) mass is 335 g/mol. The minimum atomic E-state index is -0.443. The molecule has 0 aliphatic carbocycles. The lowest BCUT2D eigenvalue weighted by atomic mass is 10.2. The highest BCUT2D eigenvalue weighted by Crippen LogP contribution is 2.27. The first-order chi connectivity index (χ1) is 10.6. The van der Waals surface area contributed by atoms with Crippen LogP contribution in [0.1, 0.15) is 5.76 Å². The molecule has 112 valence electrons. The van der Waals surface area contributed by atoms with Crippen LogP contribution >= 0.6 is 23.2 Å². The van der Waals surface area contributed by atoms with E-state index in [2.05, 4.69) is 5.32 Å². The van der Waals surface area contributed by atoms with Crippen LogP contribution in [0.2, 0.25) is 10.0 Å². The third kappa shape index (κ3) is 3.43. The van der Waals surface area contributed by atoms with Crippen molar-refractivity contribution in [1.29, 1.82) is 0 Å². The van der Waals surface area contributed by atoms with Crippen molar-refractivity contribution in [2.75, 3.05) is 5.32 Å². The Hall–Kier alpha value is -1.97. The molecular formula is C17H12Cl2FNO. The molecule has 0 radical (unpaired) electrons. The van der Waals surface area contributed by atoms with E-state index in [4.69, 9.17) is 27.6 Å². The van der Waals surface area contributed by atoms with Gasteiger partial charge in [0.2, 0.25) is 0 Å². The molecule has 0 atom stereocenters. The molecule has 1 heterocycles. The Kier molecular flexibility index (Phi) is 4.36. The average Bonchev–Trinajstić information content (AvgIpc) is 2.98. The summed E-state index contributed by atoms with van der Waals surface area (Å²) in [4.78, 5) is 0. The summed E-state index contributed by atoms with van der Waals surface area (Å²) >= 11 is 11.6. The normalized spacial score (nSPS) is 10.7. The maximum Gasteiger partial charge on any atom is 0.141 e. The van der Waals surface area contributed by atoms with Crippen LogP contribution < -0.4 is 5.32 Å². The van der Waals surface area contributed by atoms with Crippen molar-refractivity contribution in [2.24, 2.45) is 0 Å². The Bertz CT molecular complexity index is 784. The van der Waals surface area contributed by atoms with E-state index in [1.165, 1.54) is 6.07 Å². The molecule has 3 aromatic rings. The fraction of sp³-hybridized carbons (Fsp3) is 0.0588. The summed E-state index contributed by atoms with van der Waals surface area (Å²) in [6.45, 7) is 0.538. The molecule has 0 bridgehead atoms. The van der Waals surface area contributed by atoms with Crippen LogP contribution in [-0.4, -0.2) is 0 Å². The molecule has 0 saturated heterocycles. The van der Waals surface area contributed by atoms with E-state index in [9.17, 15) is 4.39 Å². The van der Waals surface area contributed by atoms with Gasteiger partial charge in [0, 0.05) is 16.3 Å². The summed E-state index contributed by atoms with van der Waals surface area (Å²) in [6.07, 6.45) is 0. The molecule has 5 heteroatoms. The first kappa shape index (κ1) is 14.9. The van der Waals surface area contributed by atoms with Crippen LogP contribution in [0.15, 0.2) is 59.0 Å². The number of hydrogen-bond acceptors (Lipinski definition) is 2. The van der Waals surface area contributed by atoms with Crippen LogP contribution in [0.5, 0.6) is 0 Å². The Morgan fingerprint density at radius 2 is 1.73 bits per heavy atom. The fourth-order valence-electron chi connectivity index (χ4n) is 2.03. The predicted molar refractivity (Wildman–Crippen MR) is 87.9 cm³/mol. The van der Waals surface area contributed by atoms with E-state index in [-0.39, 0.29) is 5.02 Å². The third-order valence-corrected chi connectivity index (χ3v) is 3.72. The summed E-state index contributed by atoms with van der Waals surface area (Å²) in [5, 5.41) is 4.01. The van der Waals surface area contributed by atoms with E-state index >= 15 is 0 Å². The van der Waals surface area contributed by atoms with Gasteiger partial charge in [-0.2, -0.15) is 0 Å². The van der Waals surface area contributed by atoms with Gasteiger partial charge < -0.3 is 9.73 Å². The number of hydrogen-bond donors (Lipinski definition) is 1. The number of furan rings is 1. The molecule has 0 amide bonds. The highest BCUT2D eigenvalue weighted by molar-refractivity contribution is 6.31. The largest absolute Gasteiger partial charge is 0.459 e. The van der Waals surface area contributed by atoms with E-state index in [0.29, 0.717) is 17.3 Å². The molecule has 2 aromatic carbocycles. The van der Waals surface area contributed by atoms with Crippen LogP contribution in [0.3, 0.4) is 0 Å². The van der Waals surface area contributed by atoms with Gasteiger partial charge in [-0.3, -0.25) is 0 Å². The SMILES string of the molecule is Fc1ccc(-c2ccc(CNc3ccc(Cl)cc3)o2)cc1Cl. The smallest absolute Gasteiger partial charge is 0.141 e. The van der Waals surface area contributed by atoms with Gasteiger partial charge in [0.25, 0.3) is 0 Å². The lowest BCUT2D eigenvalue weighted by Gasteiger charge is -2.04. The van der Waals surface area contributed by atoms with Gasteiger partial charge in [0.1, 0.15) is 17.3 Å². The third-order valence-electron chi connectivity index (χ3n) is 3.18. The Morgan fingerprint density at radius 1 is 0.955 bits per heavy atom. The zero-order valence-corrected chi connectivity index (χ0v) is 13.0. The van der Waals surface area contributed by atoms with Crippen molar-refractivity contribution < 1.29 is 8.81 Å². The molecule has 0 aliphatic heterocycles. The molecule has 3 rings (SSSR count). The minimum Gasteiger partial charge on any atom is -0.459 e. The van der Waals surface area contributed by atoms with Gasteiger partial charge in [-0.1, -0.05) is 23.2 Å². The average molecular weight is 336 g/mol. The molecule has 2 nitrogen and oxygen atoms in total. The van der Waals surface area contributed by atoms with Crippen molar-refractivity contribution in [2.45, 2.75) is 6.54 Å². The first-order valence-electron chi connectivity index (χ1n) is 6.65. The molecular weight excluding hydrogens is 324 g/mol. The van der Waals surface area contributed by atoms with Crippen molar-refractivity contribution in [3.8, 4) is 11.3 Å². The highest BCUT2D eigenvalue weighted by atomic mass is 35.5. The van der Waals surface area contributed by atoms with Crippen molar-refractivity contribution in [3.05, 3.63) is 76.2 Å². The number of rotatable bonds is 4. The lowest BCUT2D eigenvalue weighted by molar-refractivity contribution is 0.531. The predicted octanol–water partition coefficient (Wildman–Crippen LogP) is 6.00. The highest BCUT2D eigenvalue weighted by Gasteiger charge is 2.07. The van der Waals surface area contributed by atoms with E-state index in [0.717, 1.165) is 17.0 Å². The molecule has 0 spiro atoms. The summed E-state index contributed by atoms with van der Waals surface area (Å²) < 4.78 is 18.9. The molecule has 0 unspecified atom stereocenters. The van der Waals surface area contributed by atoms with E-state index in [1.54, 1.807) is 12.1 Å². The zero-order chi connectivity index (χ0) is 15.5. The first-order valence-corrected chi connectivity index (χ1v) is 7.41. The van der Waals surface area contributed by atoms with E-state index in [1.807, 2.05) is 36.4 Å². The van der Waals surface area contributed by atoms with Gasteiger partial charge in [-0.25, -0.2) is 4.39 Å². The van der Waals surface area contributed by atoms with Gasteiger partial charge in [0.05, 0.1) is 11.6 Å². The maximum atomic E-state index is 13.2. The molecule has 1 N–H and O–H groups in total. The van der Waals surface area contributed by atoms with Crippen LogP contribution in [0, 0.1) is 5.82 Å². The second-order valence-electron chi connectivity index (χ2n) is 4.76. The second-order valence-corrected chi connectivity index (χ2v) is 5.60. The zero-order valence-electron chi connectivity index (χ0n) is 11.4. The summed E-state index contributed by atoms with van der Waals surface area (Å²) in [7, 11) is 0. The Balaban J connectivity index is 1.70. The Labute approximate surface area is 137 Å². The van der Waals surface area contributed by atoms with Gasteiger partial charge in [-0.15, -0.1) is 0 Å². The van der Waals surface area contributed by atoms with Crippen LogP contribution in [0.25, 0.3) is 11.3 Å². The van der Waals surface area contributed by atoms with Gasteiger partial charge in [-0.05, 0) is 54.6 Å². The summed E-state index contributed by atoms with van der Waals surface area (Å²) in [6, 6.07) is 15.6. The van der Waals surface area contributed by atoms with Crippen molar-refractivity contribution in [1.82, 2.24) is 0 Å². The van der Waals surface area contributed by atoms with Crippen molar-refractivity contribution in [3.63, 3.8) is 0 Å². The number of anilines is 1. The van der Waals surface area contributed by atoms with Crippen LogP contribution in [-0.2, 0) is 6.54 Å². The minimum absolute atomic E-state index is 0.0785. The molecule has 1 aromatic heterocycles. The molecule has 0 fully saturated rings. The maximum absolute atomic E-state index is 13.2. The molecule has 0 aliphatic rings. The number of nitrogens with one attached hydrogen (secondary N) is 1. The van der Waals surface area contributed by atoms with Crippen LogP contribution in [0.4, 0.5) is 10.1 Å². The van der Waals surface area contributed by atoms with Gasteiger partial charge in [0.15, 0.2) is 0 Å². The topological polar surface area (TPSA) is 25.2 Å². The van der Waals surface area contributed by atoms with Crippen molar-refractivity contribution >= 4 is 28.9 Å². The second kappa shape index (κ2) is 6.42. The Morgan fingerprint density at radius 3 is 2.45 bits per heavy atom. The fourth-order valence-corrected chi connectivity index (χ4v) is 2.34.